The summed E-state index contributed by atoms with van der Waals surface area (Å²) in [7, 11) is 0. The van der Waals surface area contributed by atoms with E-state index in [9.17, 15) is 9.90 Å². The van der Waals surface area contributed by atoms with Gasteiger partial charge in [-0.05, 0) is 55.3 Å². The number of rotatable bonds is 7. The Bertz CT molecular complexity index is 1070. The number of fused-ring (bicyclic) bond motifs is 1. The number of nitrogens with one attached hydrogen (secondary N) is 1. The fourth-order valence-electron chi connectivity index (χ4n) is 4.10. The zero-order chi connectivity index (χ0) is 21.8. The van der Waals surface area contributed by atoms with Crippen molar-refractivity contribution >= 4 is 16.6 Å². The number of nitrogens with zero attached hydrogens (tertiary/aromatic N) is 2. The first kappa shape index (κ1) is 21.4. The van der Waals surface area contributed by atoms with E-state index in [0.717, 1.165) is 43.5 Å². The number of hydrogen-bond acceptors (Lipinski definition) is 5. The molecule has 164 valence electrons. The Labute approximate surface area is 183 Å². The topological polar surface area (TPSA) is 68.8 Å². The summed E-state index contributed by atoms with van der Waals surface area (Å²) in [6.07, 6.45) is 1.06. The lowest BCUT2D eigenvalue weighted by Gasteiger charge is -2.39. The number of benzene rings is 2. The number of ether oxygens (including phenoxy) is 1. The van der Waals surface area contributed by atoms with Crippen LogP contribution in [-0.4, -0.2) is 59.9 Å². The second-order valence-corrected chi connectivity index (χ2v) is 8.64. The number of piperazine rings is 1. The van der Waals surface area contributed by atoms with E-state index in [2.05, 4.69) is 46.0 Å². The van der Waals surface area contributed by atoms with Crippen LogP contribution >= 0.6 is 0 Å². The molecule has 6 heteroatoms. The number of aliphatic hydroxyl groups is 1. The molecule has 3 aromatic rings. The molecule has 1 fully saturated rings. The molecule has 0 aliphatic carbocycles. The van der Waals surface area contributed by atoms with Crippen LogP contribution in [0.25, 0.3) is 10.9 Å². The Balaban J connectivity index is 1.29. The minimum absolute atomic E-state index is 0.123. The van der Waals surface area contributed by atoms with Gasteiger partial charge in [-0.3, -0.25) is 9.69 Å². The van der Waals surface area contributed by atoms with Crippen LogP contribution in [0.5, 0.6) is 5.75 Å². The standard InChI is InChI=1S/C25H31N3O3/c1-3-19-4-7-21(8-5-19)28-14-12-27(13-15-28)17-25(2,30)18-31-22-9-10-23-20(16-22)6-11-24(29)26-23/h4-11,16,30H,3,12-15,17-18H2,1-2H3,(H,26,29)/t25-/m1/s1. The predicted octanol–water partition coefficient (Wildman–Crippen LogP) is 3.04. The van der Waals surface area contributed by atoms with E-state index in [0.29, 0.717) is 12.3 Å². The van der Waals surface area contributed by atoms with Crippen LogP contribution in [0.4, 0.5) is 5.69 Å². The molecule has 1 aliphatic rings. The van der Waals surface area contributed by atoms with E-state index in [1.54, 1.807) is 6.07 Å². The molecule has 6 nitrogen and oxygen atoms in total. The third kappa shape index (κ3) is 5.46. The maximum Gasteiger partial charge on any atom is 0.248 e. The van der Waals surface area contributed by atoms with Gasteiger partial charge in [-0.25, -0.2) is 0 Å². The predicted molar refractivity (Wildman–Crippen MR) is 125 cm³/mol. The lowest BCUT2D eigenvalue weighted by molar-refractivity contribution is -0.0184. The Kier molecular flexibility index (Phi) is 6.30. The first-order valence-electron chi connectivity index (χ1n) is 11.0. The number of aromatic amines is 1. The van der Waals surface area contributed by atoms with Crippen molar-refractivity contribution in [2.45, 2.75) is 25.9 Å². The van der Waals surface area contributed by atoms with Crippen molar-refractivity contribution in [1.82, 2.24) is 9.88 Å². The summed E-state index contributed by atoms with van der Waals surface area (Å²) in [5.74, 6) is 0.681. The molecular weight excluding hydrogens is 390 g/mol. The molecular formula is C25H31N3O3. The number of H-pyrrole nitrogens is 1. The number of aromatic nitrogens is 1. The Morgan fingerprint density at radius 3 is 2.48 bits per heavy atom. The van der Waals surface area contributed by atoms with Gasteiger partial charge >= 0.3 is 0 Å². The molecule has 0 amide bonds. The minimum Gasteiger partial charge on any atom is -0.491 e. The van der Waals surface area contributed by atoms with Gasteiger partial charge in [0.15, 0.2) is 0 Å². The summed E-state index contributed by atoms with van der Waals surface area (Å²) in [5.41, 5.74) is 2.32. The third-order valence-corrected chi connectivity index (χ3v) is 5.89. The highest BCUT2D eigenvalue weighted by Gasteiger charge is 2.27. The third-order valence-electron chi connectivity index (χ3n) is 5.89. The van der Waals surface area contributed by atoms with Crippen molar-refractivity contribution in [2.75, 3.05) is 44.2 Å². The van der Waals surface area contributed by atoms with Crippen molar-refractivity contribution < 1.29 is 9.84 Å². The quantitative estimate of drug-likeness (QED) is 0.614. The Hall–Kier alpha value is -2.83. The largest absolute Gasteiger partial charge is 0.491 e. The van der Waals surface area contributed by atoms with Crippen molar-refractivity contribution in [3.63, 3.8) is 0 Å². The summed E-state index contributed by atoms with van der Waals surface area (Å²) in [6, 6.07) is 17.6. The highest BCUT2D eigenvalue weighted by atomic mass is 16.5. The Morgan fingerprint density at radius 1 is 1.03 bits per heavy atom. The molecule has 0 radical (unpaired) electrons. The summed E-state index contributed by atoms with van der Waals surface area (Å²) < 4.78 is 5.88. The number of anilines is 1. The number of pyridine rings is 1. The van der Waals surface area contributed by atoms with Crippen LogP contribution in [0, 0.1) is 0 Å². The van der Waals surface area contributed by atoms with E-state index in [-0.39, 0.29) is 12.2 Å². The van der Waals surface area contributed by atoms with Crippen molar-refractivity contribution in [3.05, 3.63) is 70.5 Å². The van der Waals surface area contributed by atoms with Crippen LogP contribution in [0.15, 0.2) is 59.4 Å². The van der Waals surface area contributed by atoms with Crippen molar-refractivity contribution in [2.24, 2.45) is 0 Å². The molecule has 2 aromatic carbocycles. The molecule has 31 heavy (non-hydrogen) atoms. The highest BCUT2D eigenvalue weighted by molar-refractivity contribution is 5.79. The van der Waals surface area contributed by atoms with E-state index in [1.165, 1.54) is 17.3 Å². The van der Waals surface area contributed by atoms with Crippen LogP contribution < -0.4 is 15.2 Å². The molecule has 0 saturated carbocycles. The highest BCUT2D eigenvalue weighted by Crippen LogP contribution is 2.21. The summed E-state index contributed by atoms with van der Waals surface area (Å²) in [4.78, 5) is 18.9. The summed E-state index contributed by atoms with van der Waals surface area (Å²) in [6.45, 7) is 8.49. The molecule has 1 aromatic heterocycles. The molecule has 4 rings (SSSR count). The zero-order valence-electron chi connectivity index (χ0n) is 18.3. The average molecular weight is 422 g/mol. The van der Waals surface area contributed by atoms with E-state index >= 15 is 0 Å². The van der Waals surface area contributed by atoms with Gasteiger partial charge in [-0.15, -0.1) is 0 Å². The molecule has 0 unspecified atom stereocenters. The lowest BCUT2D eigenvalue weighted by Crippen LogP contribution is -2.52. The fraction of sp³-hybridized carbons (Fsp3) is 0.400. The second-order valence-electron chi connectivity index (χ2n) is 8.64. The molecule has 0 bridgehead atoms. The van der Waals surface area contributed by atoms with Crippen molar-refractivity contribution in [1.29, 1.82) is 0 Å². The zero-order valence-corrected chi connectivity index (χ0v) is 18.3. The van der Waals surface area contributed by atoms with Gasteiger partial charge in [0, 0.05) is 55.4 Å². The number of β-amino-alcohol motifs (C(OH)–C–C–N with tert-alkyl or cyclic N) is 1. The van der Waals surface area contributed by atoms with Gasteiger partial charge in [0.1, 0.15) is 18.0 Å². The smallest absolute Gasteiger partial charge is 0.248 e. The number of aryl methyl sites for hydroxylation is 1. The monoisotopic (exact) mass is 421 g/mol. The SMILES string of the molecule is CCc1ccc(N2CCN(C[C@@](C)(O)COc3ccc4[nH]c(=O)ccc4c3)CC2)cc1. The summed E-state index contributed by atoms with van der Waals surface area (Å²) >= 11 is 0. The van der Waals surface area contributed by atoms with E-state index in [1.807, 2.05) is 25.1 Å². The van der Waals surface area contributed by atoms with Gasteiger partial charge < -0.3 is 19.7 Å². The maximum absolute atomic E-state index is 11.4. The van der Waals surface area contributed by atoms with Gasteiger partial charge in [0.05, 0.1) is 0 Å². The first-order valence-corrected chi connectivity index (χ1v) is 11.0. The lowest BCUT2D eigenvalue weighted by atomic mass is 10.1. The molecule has 2 heterocycles. The molecule has 0 spiro atoms. The van der Waals surface area contributed by atoms with Gasteiger partial charge in [0.25, 0.3) is 0 Å². The van der Waals surface area contributed by atoms with Crippen LogP contribution in [0.2, 0.25) is 0 Å². The number of hydrogen-bond donors (Lipinski definition) is 2. The minimum atomic E-state index is -0.953. The van der Waals surface area contributed by atoms with Gasteiger partial charge in [-0.2, -0.15) is 0 Å². The van der Waals surface area contributed by atoms with Crippen molar-refractivity contribution in [3.8, 4) is 5.75 Å². The van der Waals surface area contributed by atoms with Gasteiger partial charge in [-0.1, -0.05) is 19.1 Å². The second kappa shape index (κ2) is 9.12. The van der Waals surface area contributed by atoms with E-state index < -0.39 is 5.60 Å². The first-order chi connectivity index (χ1) is 14.9. The Morgan fingerprint density at radius 2 is 1.77 bits per heavy atom. The molecule has 2 N–H and O–H groups in total. The average Bonchev–Trinajstić information content (AvgIpc) is 2.78. The summed E-state index contributed by atoms with van der Waals surface area (Å²) in [5, 5.41) is 11.8. The fourth-order valence-corrected chi connectivity index (χ4v) is 4.10. The van der Waals surface area contributed by atoms with Crippen LogP contribution in [0.3, 0.4) is 0 Å². The van der Waals surface area contributed by atoms with Crippen LogP contribution in [0.1, 0.15) is 19.4 Å². The molecule has 1 atom stereocenters. The van der Waals surface area contributed by atoms with Crippen LogP contribution in [-0.2, 0) is 6.42 Å². The normalized spacial score (nSPS) is 16.9. The maximum atomic E-state index is 11.4. The van der Waals surface area contributed by atoms with Gasteiger partial charge in [0.2, 0.25) is 5.56 Å². The molecule has 1 aliphatic heterocycles. The van der Waals surface area contributed by atoms with E-state index in [4.69, 9.17) is 4.74 Å². The molecule has 1 saturated heterocycles.